The molecule has 1 aliphatic rings. The van der Waals surface area contributed by atoms with Crippen LogP contribution in [0.15, 0.2) is 54.9 Å². The maximum atomic E-state index is 11.5. The second kappa shape index (κ2) is 5.91. The molecule has 4 heterocycles. The molecule has 0 aliphatic carbocycles. The van der Waals surface area contributed by atoms with Crippen LogP contribution in [0.5, 0.6) is 5.75 Å². The predicted molar refractivity (Wildman–Crippen MR) is 101 cm³/mol. The van der Waals surface area contributed by atoms with Crippen molar-refractivity contribution in [2.45, 2.75) is 6.92 Å². The van der Waals surface area contributed by atoms with Crippen molar-refractivity contribution in [2.24, 2.45) is 0 Å². The molecule has 132 valence electrons. The molecule has 1 aliphatic heterocycles. The number of ether oxygens (including phenoxy) is 1. The third kappa shape index (κ3) is 2.60. The van der Waals surface area contributed by atoms with Gasteiger partial charge in [0.05, 0.1) is 17.1 Å². The third-order valence-electron chi connectivity index (χ3n) is 4.50. The van der Waals surface area contributed by atoms with Gasteiger partial charge < -0.3 is 10.1 Å². The molecule has 0 saturated carbocycles. The SMILES string of the molecule is Cc1nc2ccc(-c3ccncc3)nc2n1-c1ccc2c(c1)OCC(=O)N2. The maximum Gasteiger partial charge on any atom is 0.262 e. The standard InChI is InChI=1S/C20H15N5O2/c1-12-22-17-5-4-15(13-6-8-21-9-7-13)24-20(17)25(12)14-2-3-16-18(10-14)27-11-19(26)23-16/h2-10H,11H2,1H3,(H,23,26). The highest BCUT2D eigenvalue weighted by molar-refractivity contribution is 5.95. The van der Waals surface area contributed by atoms with E-state index in [0.29, 0.717) is 11.4 Å². The van der Waals surface area contributed by atoms with E-state index in [1.165, 1.54) is 0 Å². The molecule has 4 aromatic rings. The van der Waals surface area contributed by atoms with Crippen LogP contribution in [0.1, 0.15) is 5.82 Å². The topological polar surface area (TPSA) is 81.9 Å². The minimum Gasteiger partial charge on any atom is -0.482 e. The number of pyridine rings is 2. The zero-order chi connectivity index (χ0) is 18.4. The lowest BCUT2D eigenvalue weighted by Crippen LogP contribution is -2.25. The molecule has 1 aromatic carbocycles. The number of benzene rings is 1. The first-order valence-electron chi connectivity index (χ1n) is 8.52. The number of nitrogens with one attached hydrogen (secondary N) is 1. The molecule has 0 radical (unpaired) electrons. The van der Waals surface area contributed by atoms with Crippen molar-refractivity contribution in [3.8, 4) is 22.7 Å². The fourth-order valence-electron chi connectivity index (χ4n) is 3.27. The van der Waals surface area contributed by atoms with Crippen molar-refractivity contribution < 1.29 is 9.53 Å². The number of fused-ring (bicyclic) bond motifs is 2. The van der Waals surface area contributed by atoms with Gasteiger partial charge in [-0.2, -0.15) is 0 Å². The molecular weight excluding hydrogens is 342 g/mol. The minimum absolute atomic E-state index is 0.0184. The second-order valence-corrected chi connectivity index (χ2v) is 6.29. The monoisotopic (exact) mass is 357 g/mol. The van der Waals surface area contributed by atoms with Crippen LogP contribution < -0.4 is 10.1 Å². The third-order valence-corrected chi connectivity index (χ3v) is 4.50. The molecule has 0 unspecified atom stereocenters. The molecule has 3 aromatic heterocycles. The minimum atomic E-state index is -0.150. The van der Waals surface area contributed by atoms with Gasteiger partial charge in [0.2, 0.25) is 0 Å². The van der Waals surface area contributed by atoms with Gasteiger partial charge in [-0.25, -0.2) is 9.97 Å². The fourth-order valence-corrected chi connectivity index (χ4v) is 3.27. The van der Waals surface area contributed by atoms with Gasteiger partial charge in [-0.3, -0.25) is 14.3 Å². The van der Waals surface area contributed by atoms with Gasteiger partial charge in [-0.05, 0) is 43.3 Å². The summed E-state index contributed by atoms with van der Waals surface area (Å²) >= 11 is 0. The summed E-state index contributed by atoms with van der Waals surface area (Å²) < 4.78 is 7.53. The summed E-state index contributed by atoms with van der Waals surface area (Å²) in [7, 11) is 0. The molecule has 0 atom stereocenters. The quantitative estimate of drug-likeness (QED) is 0.596. The molecule has 0 spiro atoms. The molecular formula is C20H15N5O2. The van der Waals surface area contributed by atoms with Crippen molar-refractivity contribution in [3.05, 3.63) is 60.7 Å². The van der Waals surface area contributed by atoms with Crippen LogP contribution in [-0.4, -0.2) is 32.0 Å². The molecule has 1 N–H and O–H groups in total. The first-order chi connectivity index (χ1) is 13.2. The Labute approximate surface area is 154 Å². The van der Waals surface area contributed by atoms with Crippen LogP contribution in [0.2, 0.25) is 0 Å². The van der Waals surface area contributed by atoms with E-state index < -0.39 is 0 Å². The van der Waals surface area contributed by atoms with Crippen LogP contribution in [0.4, 0.5) is 5.69 Å². The molecule has 7 nitrogen and oxygen atoms in total. The summed E-state index contributed by atoms with van der Waals surface area (Å²) in [4.78, 5) is 25.0. The van der Waals surface area contributed by atoms with Gasteiger partial charge in [0, 0.05) is 24.0 Å². The Balaban J connectivity index is 1.67. The van der Waals surface area contributed by atoms with Crippen molar-refractivity contribution in [2.75, 3.05) is 11.9 Å². The zero-order valence-electron chi connectivity index (χ0n) is 14.5. The highest BCUT2D eigenvalue weighted by Crippen LogP contribution is 2.32. The van der Waals surface area contributed by atoms with Crippen molar-refractivity contribution >= 4 is 22.8 Å². The van der Waals surface area contributed by atoms with Crippen LogP contribution >= 0.6 is 0 Å². The Bertz CT molecular complexity index is 1180. The van der Waals surface area contributed by atoms with Crippen LogP contribution in [0, 0.1) is 6.92 Å². The van der Waals surface area contributed by atoms with Crippen LogP contribution in [-0.2, 0) is 4.79 Å². The normalized spacial score (nSPS) is 13.1. The highest BCUT2D eigenvalue weighted by atomic mass is 16.5. The van der Waals surface area contributed by atoms with Gasteiger partial charge >= 0.3 is 0 Å². The summed E-state index contributed by atoms with van der Waals surface area (Å²) in [5, 5.41) is 2.80. The van der Waals surface area contributed by atoms with E-state index in [9.17, 15) is 4.79 Å². The number of hydrogen-bond acceptors (Lipinski definition) is 5. The first-order valence-corrected chi connectivity index (χ1v) is 8.52. The maximum absolute atomic E-state index is 11.5. The average Bonchev–Trinajstić information content (AvgIpc) is 3.03. The molecule has 0 saturated heterocycles. The predicted octanol–water partition coefficient (Wildman–Crippen LogP) is 3.12. The Morgan fingerprint density at radius 2 is 1.93 bits per heavy atom. The summed E-state index contributed by atoms with van der Waals surface area (Å²) in [6.07, 6.45) is 3.50. The van der Waals surface area contributed by atoms with E-state index in [2.05, 4.69) is 15.3 Å². The first kappa shape index (κ1) is 15.5. The molecule has 0 fully saturated rings. The van der Waals surface area contributed by atoms with E-state index in [0.717, 1.165) is 33.9 Å². The summed E-state index contributed by atoms with van der Waals surface area (Å²) in [5.41, 5.74) is 4.98. The lowest BCUT2D eigenvalue weighted by molar-refractivity contribution is -0.118. The van der Waals surface area contributed by atoms with Crippen LogP contribution in [0.3, 0.4) is 0 Å². The zero-order valence-corrected chi connectivity index (χ0v) is 14.5. The highest BCUT2D eigenvalue weighted by Gasteiger charge is 2.18. The van der Waals surface area contributed by atoms with Gasteiger partial charge in [-0.1, -0.05) is 0 Å². The van der Waals surface area contributed by atoms with Crippen molar-refractivity contribution in [3.63, 3.8) is 0 Å². The molecule has 27 heavy (non-hydrogen) atoms. The number of anilines is 1. The molecule has 0 bridgehead atoms. The second-order valence-electron chi connectivity index (χ2n) is 6.29. The summed E-state index contributed by atoms with van der Waals surface area (Å²) in [5.74, 6) is 1.31. The number of hydrogen-bond donors (Lipinski definition) is 1. The molecule has 7 heteroatoms. The number of amides is 1. The lowest BCUT2D eigenvalue weighted by atomic mass is 10.2. The molecule has 5 rings (SSSR count). The van der Waals surface area contributed by atoms with Gasteiger partial charge in [0.25, 0.3) is 5.91 Å². The average molecular weight is 357 g/mol. The van der Waals surface area contributed by atoms with Crippen molar-refractivity contribution in [1.82, 2.24) is 19.5 Å². The Hall–Kier alpha value is -3.74. The Kier molecular flexibility index (Phi) is 3.39. The fraction of sp³-hybridized carbons (Fsp3) is 0.100. The van der Waals surface area contributed by atoms with E-state index in [-0.39, 0.29) is 12.5 Å². The van der Waals surface area contributed by atoms with Gasteiger partial charge in [0.15, 0.2) is 12.3 Å². The van der Waals surface area contributed by atoms with Crippen molar-refractivity contribution in [1.29, 1.82) is 0 Å². The van der Waals surface area contributed by atoms with E-state index in [1.54, 1.807) is 12.4 Å². The number of carbonyl (C=O) groups is 1. The summed E-state index contributed by atoms with van der Waals surface area (Å²) in [6.45, 7) is 1.96. The van der Waals surface area contributed by atoms with E-state index in [4.69, 9.17) is 9.72 Å². The smallest absolute Gasteiger partial charge is 0.262 e. The summed E-state index contributed by atoms with van der Waals surface area (Å²) in [6, 6.07) is 13.4. The van der Waals surface area contributed by atoms with Gasteiger partial charge in [0.1, 0.15) is 17.1 Å². The van der Waals surface area contributed by atoms with E-state index >= 15 is 0 Å². The number of carbonyl (C=O) groups excluding carboxylic acids is 1. The number of aryl methyl sites for hydroxylation is 1. The van der Waals surface area contributed by atoms with Gasteiger partial charge in [-0.15, -0.1) is 0 Å². The largest absolute Gasteiger partial charge is 0.482 e. The lowest BCUT2D eigenvalue weighted by Gasteiger charge is -2.19. The Morgan fingerprint density at radius 1 is 1.07 bits per heavy atom. The van der Waals surface area contributed by atoms with Crippen LogP contribution in [0.25, 0.3) is 28.1 Å². The number of nitrogens with zero attached hydrogens (tertiary/aromatic N) is 4. The Morgan fingerprint density at radius 3 is 2.78 bits per heavy atom. The number of rotatable bonds is 2. The van der Waals surface area contributed by atoms with E-state index in [1.807, 2.05) is 54.0 Å². The molecule has 1 amide bonds. The number of aromatic nitrogens is 4. The number of imidazole rings is 1.